The molecule has 0 aliphatic heterocycles. The zero-order valence-corrected chi connectivity index (χ0v) is 13.8. The van der Waals surface area contributed by atoms with E-state index >= 15 is 0 Å². The zero-order valence-electron chi connectivity index (χ0n) is 10.6. The van der Waals surface area contributed by atoms with E-state index in [0.717, 1.165) is 0 Å². The summed E-state index contributed by atoms with van der Waals surface area (Å²) in [5.41, 5.74) is 0.566. The van der Waals surface area contributed by atoms with E-state index < -0.39 is 10.9 Å². The number of thiazole rings is 1. The standard InChI is InChI=1S/C11H8BrN3O4S2/c1-5-8(3-9(16)17)20-11(14-5)21-10-7(12)2-6(4-13-10)15(18)19/h2,4H,3H2,1H3,(H,16,17). The van der Waals surface area contributed by atoms with Crippen LogP contribution in [0.2, 0.25) is 0 Å². The molecule has 110 valence electrons. The lowest BCUT2D eigenvalue weighted by molar-refractivity contribution is -0.385. The van der Waals surface area contributed by atoms with Crippen LogP contribution >= 0.6 is 39.0 Å². The molecule has 0 saturated heterocycles. The van der Waals surface area contributed by atoms with Gasteiger partial charge in [-0.05, 0) is 34.6 Å². The molecule has 0 saturated carbocycles. The average molecular weight is 390 g/mol. The maximum absolute atomic E-state index is 10.7. The Bertz CT molecular complexity index is 719. The Labute approximate surface area is 135 Å². The van der Waals surface area contributed by atoms with Gasteiger partial charge in [0.1, 0.15) is 11.2 Å². The molecule has 0 aliphatic rings. The first-order chi connectivity index (χ1) is 9.86. The van der Waals surface area contributed by atoms with Gasteiger partial charge in [0.2, 0.25) is 0 Å². The SMILES string of the molecule is Cc1nc(Sc2ncc([N+](=O)[O-])cc2Br)sc1CC(=O)O. The van der Waals surface area contributed by atoms with Gasteiger partial charge in [0, 0.05) is 10.9 Å². The Morgan fingerprint density at radius 3 is 2.90 bits per heavy atom. The quantitative estimate of drug-likeness (QED) is 0.617. The van der Waals surface area contributed by atoms with Crippen LogP contribution in [0.3, 0.4) is 0 Å². The fraction of sp³-hybridized carbons (Fsp3) is 0.182. The number of halogens is 1. The molecular weight excluding hydrogens is 382 g/mol. The topological polar surface area (TPSA) is 106 Å². The lowest BCUT2D eigenvalue weighted by Crippen LogP contribution is -1.99. The fourth-order valence-electron chi connectivity index (χ4n) is 1.42. The van der Waals surface area contributed by atoms with E-state index in [2.05, 4.69) is 25.9 Å². The van der Waals surface area contributed by atoms with Crippen LogP contribution in [0.15, 0.2) is 26.1 Å². The van der Waals surface area contributed by atoms with Gasteiger partial charge in [-0.3, -0.25) is 14.9 Å². The normalized spacial score (nSPS) is 10.6. The molecule has 0 fully saturated rings. The van der Waals surface area contributed by atoms with Crippen LogP contribution in [-0.2, 0) is 11.2 Å². The van der Waals surface area contributed by atoms with Crippen molar-refractivity contribution in [2.24, 2.45) is 0 Å². The van der Waals surface area contributed by atoms with Gasteiger partial charge < -0.3 is 5.11 Å². The molecule has 0 aromatic carbocycles. The van der Waals surface area contributed by atoms with Crippen molar-refractivity contribution in [2.45, 2.75) is 22.7 Å². The number of nitrogens with zero attached hydrogens (tertiary/aromatic N) is 3. The van der Waals surface area contributed by atoms with Gasteiger partial charge in [-0.15, -0.1) is 11.3 Å². The number of hydrogen-bond donors (Lipinski definition) is 1. The summed E-state index contributed by atoms with van der Waals surface area (Å²) in [7, 11) is 0. The summed E-state index contributed by atoms with van der Waals surface area (Å²) >= 11 is 5.74. The largest absolute Gasteiger partial charge is 0.481 e. The predicted molar refractivity (Wildman–Crippen MR) is 80.9 cm³/mol. The van der Waals surface area contributed by atoms with Crippen molar-refractivity contribution in [2.75, 3.05) is 0 Å². The van der Waals surface area contributed by atoms with Gasteiger partial charge in [0.05, 0.1) is 21.5 Å². The van der Waals surface area contributed by atoms with Crippen LogP contribution in [0.1, 0.15) is 10.6 Å². The molecule has 10 heteroatoms. The van der Waals surface area contributed by atoms with E-state index in [1.807, 2.05) is 0 Å². The second-order valence-corrected chi connectivity index (χ2v) is 7.07. The van der Waals surface area contributed by atoms with Crippen molar-refractivity contribution in [3.05, 3.63) is 37.4 Å². The number of pyridine rings is 1. The zero-order chi connectivity index (χ0) is 15.6. The molecule has 0 spiro atoms. The highest BCUT2D eigenvalue weighted by Gasteiger charge is 2.15. The van der Waals surface area contributed by atoms with Crippen LogP contribution in [0.5, 0.6) is 0 Å². The minimum atomic E-state index is -0.909. The summed E-state index contributed by atoms with van der Waals surface area (Å²) in [5.74, 6) is -0.909. The van der Waals surface area contributed by atoms with E-state index in [-0.39, 0.29) is 12.1 Å². The number of nitro groups is 1. The van der Waals surface area contributed by atoms with Gasteiger partial charge >= 0.3 is 5.97 Å². The van der Waals surface area contributed by atoms with Gasteiger partial charge in [-0.2, -0.15) is 0 Å². The molecule has 0 atom stereocenters. The van der Waals surface area contributed by atoms with E-state index in [4.69, 9.17) is 5.11 Å². The van der Waals surface area contributed by atoms with E-state index in [1.54, 1.807) is 6.92 Å². The monoisotopic (exact) mass is 389 g/mol. The molecule has 2 aromatic heterocycles. The summed E-state index contributed by atoms with van der Waals surface area (Å²) in [6.07, 6.45) is 1.10. The third-order valence-electron chi connectivity index (χ3n) is 2.37. The van der Waals surface area contributed by atoms with E-state index in [1.165, 1.54) is 35.4 Å². The van der Waals surface area contributed by atoms with Crippen molar-refractivity contribution >= 4 is 50.7 Å². The Hall–Kier alpha value is -1.52. The maximum Gasteiger partial charge on any atom is 0.308 e. The Morgan fingerprint density at radius 1 is 1.62 bits per heavy atom. The lowest BCUT2D eigenvalue weighted by atomic mass is 10.3. The highest BCUT2D eigenvalue weighted by Crippen LogP contribution is 2.36. The van der Waals surface area contributed by atoms with Crippen molar-refractivity contribution in [3.63, 3.8) is 0 Å². The molecular formula is C11H8BrN3O4S2. The number of carboxylic acid groups (broad SMARTS) is 1. The fourth-order valence-corrected chi connectivity index (χ4v) is 4.10. The number of aromatic nitrogens is 2. The minimum Gasteiger partial charge on any atom is -0.481 e. The number of carboxylic acids is 1. The summed E-state index contributed by atoms with van der Waals surface area (Å²) in [6.45, 7) is 1.75. The Kier molecular flexibility index (Phi) is 4.91. The minimum absolute atomic E-state index is 0.0705. The molecule has 0 bridgehead atoms. The highest BCUT2D eigenvalue weighted by molar-refractivity contribution is 9.10. The maximum atomic E-state index is 10.7. The number of hydrogen-bond acceptors (Lipinski definition) is 7. The van der Waals surface area contributed by atoms with E-state index in [9.17, 15) is 14.9 Å². The molecule has 0 radical (unpaired) electrons. The molecule has 2 heterocycles. The average Bonchev–Trinajstić information content (AvgIpc) is 2.71. The molecule has 0 amide bonds. The number of aryl methyl sites for hydroxylation is 1. The van der Waals surface area contributed by atoms with Crippen LogP contribution in [0, 0.1) is 17.0 Å². The Balaban J connectivity index is 2.22. The van der Waals surface area contributed by atoms with Gasteiger partial charge in [-0.25, -0.2) is 9.97 Å². The van der Waals surface area contributed by atoms with Gasteiger partial charge in [0.25, 0.3) is 5.69 Å². The summed E-state index contributed by atoms with van der Waals surface area (Å²) in [4.78, 5) is 29.8. The molecule has 0 aliphatic carbocycles. The van der Waals surface area contributed by atoms with Crippen LogP contribution in [0.4, 0.5) is 5.69 Å². The molecule has 2 aromatic rings. The predicted octanol–water partition coefficient (Wildman–Crippen LogP) is 3.30. The van der Waals surface area contributed by atoms with Gasteiger partial charge in [-0.1, -0.05) is 0 Å². The molecule has 21 heavy (non-hydrogen) atoms. The second-order valence-electron chi connectivity index (χ2n) is 3.90. The highest BCUT2D eigenvalue weighted by atomic mass is 79.9. The third kappa shape index (κ3) is 3.99. The van der Waals surface area contributed by atoms with Crippen LogP contribution in [0.25, 0.3) is 0 Å². The first kappa shape index (κ1) is 15.9. The summed E-state index contributed by atoms with van der Waals surface area (Å²) in [5, 5.41) is 20.0. The van der Waals surface area contributed by atoms with Crippen LogP contribution < -0.4 is 0 Å². The first-order valence-electron chi connectivity index (χ1n) is 5.52. The van der Waals surface area contributed by atoms with E-state index in [0.29, 0.717) is 24.4 Å². The number of rotatable bonds is 5. The van der Waals surface area contributed by atoms with Gasteiger partial charge in [0.15, 0.2) is 4.34 Å². The Morgan fingerprint density at radius 2 is 2.33 bits per heavy atom. The number of carbonyl (C=O) groups is 1. The van der Waals surface area contributed by atoms with Crippen molar-refractivity contribution in [1.82, 2.24) is 9.97 Å². The molecule has 1 N–H and O–H groups in total. The lowest BCUT2D eigenvalue weighted by Gasteiger charge is -2.00. The van der Waals surface area contributed by atoms with Crippen molar-refractivity contribution in [1.29, 1.82) is 0 Å². The van der Waals surface area contributed by atoms with Crippen molar-refractivity contribution < 1.29 is 14.8 Å². The smallest absolute Gasteiger partial charge is 0.308 e. The molecule has 7 nitrogen and oxygen atoms in total. The third-order valence-corrected chi connectivity index (χ3v) is 5.48. The summed E-state index contributed by atoms with van der Waals surface area (Å²) in [6, 6.07) is 1.37. The second kappa shape index (κ2) is 6.50. The summed E-state index contributed by atoms with van der Waals surface area (Å²) < 4.78 is 1.14. The number of aliphatic carboxylic acids is 1. The first-order valence-corrected chi connectivity index (χ1v) is 7.95. The molecule has 0 unspecified atom stereocenters. The van der Waals surface area contributed by atoms with Crippen molar-refractivity contribution in [3.8, 4) is 0 Å². The van der Waals surface area contributed by atoms with Crippen LogP contribution in [-0.4, -0.2) is 26.0 Å². The molecule has 2 rings (SSSR count).